The normalized spacial score (nSPS) is 12.2. The first-order chi connectivity index (χ1) is 16.1. The molecule has 0 aliphatic heterocycles. The van der Waals surface area contributed by atoms with E-state index < -0.39 is 23.9 Å². The Balaban J connectivity index is 2.06. The molecular weight excluding hydrogens is 471 g/mol. The quantitative estimate of drug-likeness (QED) is 0.428. The molecular formula is C22H22F3N5O3S. The van der Waals surface area contributed by atoms with Crippen molar-refractivity contribution in [2.75, 3.05) is 11.9 Å². The number of nitrogens with zero attached hydrogens (tertiary/aromatic N) is 3. The molecule has 0 aromatic carbocycles. The van der Waals surface area contributed by atoms with E-state index in [1.165, 1.54) is 30.7 Å². The lowest BCUT2D eigenvalue weighted by Crippen LogP contribution is -2.35. The van der Waals surface area contributed by atoms with Gasteiger partial charge in [0.2, 0.25) is 0 Å². The second-order valence-electron chi connectivity index (χ2n) is 7.24. The van der Waals surface area contributed by atoms with Crippen molar-refractivity contribution in [3.05, 3.63) is 47.4 Å². The summed E-state index contributed by atoms with van der Waals surface area (Å²) in [5.41, 5.74) is 0.243. The molecule has 0 aliphatic rings. The van der Waals surface area contributed by atoms with Crippen molar-refractivity contribution < 1.29 is 27.5 Å². The van der Waals surface area contributed by atoms with E-state index in [1.54, 1.807) is 6.92 Å². The molecule has 3 heterocycles. The summed E-state index contributed by atoms with van der Waals surface area (Å²) in [4.78, 5) is 36.3. The van der Waals surface area contributed by atoms with E-state index in [2.05, 4.69) is 25.6 Å². The van der Waals surface area contributed by atoms with Gasteiger partial charge in [-0.15, -0.1) is 11.3 Å². The summed E-state index contributed by atoms with van der Waals surface area (Å²) in [5, 5.41) is 6.29. The number of nitrogens with one attached hydrogen (secondary N) is 2. The average molecular weight is 494 g/mol. The molecule has 180 valence electrons. The number of thiazole rings is 1. The van der Waals surface area contributed by atoms with Gasteiger partial charge in [-0.05, 0) is 32.4 Å². The van der Waals surface area contributed by atoms with Crippen molar-refractivity contribution in [2.45, 2.75) is 39.4 Å². The molecule has 0 aliphatic carbocycles. The number of rotatable bonds is 7. The first-order valence-electron chi connectivity index (χ1n) is 10.4. The Bertz CT molecular complexity index is 1180. The lowest BCUT2D eigenvalue weighted by Gasteiger charge is -2.14. The number of amides is 2. The summed E-state index contributed by atoms with van der Waals surface area (Å²) in [7, 11) is 0. The van der Waals surface area contributed by atoms with Crippen LogP contribution in [0.1, 0.15) is 43.2 Å². The molecule has 3 aromatic heterocycles. The van der Waals surface area contributed by atoms with Crippen molar-refractivity contribution in [1.29, 1.82) is 0 Å². The number of esters is 1. The predicted octanol–water partition coefficient (Wildman–Crippen LogP) is 5.38. The zero-order valence-corrected chi connectivity index (χ0v) is 19.4. The van der Waals surface area contributed by atoms with Crippen LogP contribution in [0, 0.1) is 0 Å². The maximum absolute atomic E-state index is 13.2. The fraction of sp³-hybridized carbons (Fsp3) is 0.318. The van der Waals surface area contributed by atoms with Crippen molar-refractivity contribution in [3.8, 4) is 21.7 Å². The minimum absolute atomic E-state index is 0.0663. The molecule has 2 amide bonds. The highest BCUT2D eigenvalue weighted by molar-refractivity contribution is 7.13. The molecule has 1 atom stereocenters. The average Bonchev–Trinajstić information content (AvgIpc) is 3.30. The Morgan fingerprint density at radius 2 is 1.91 bits per heavy atom. The monoisotopic (exact) mass is 493 g/mol. The lowest BCUT2D eigenvalue weighted by molar-refractivity contribution is -0.140. The maximum atomic E-state index is 13.2. The summed E-state index contributed by atoms with van der Waals surface area (Å²) >= 11 is 0.800. The number of carbonyl (C=O) groups excluding carboxylic acids is 2. The van der Waals surface area contributed by atoms with Crippen LogP contribution in [0.15, 0.2) is 36.1 Å². The molecule has 0 saturated carbocycles. The van der Waals surface area contributed by atoms with Crippen LogP contribution in [-0.4, -0.2) is 39.6 Å². The largest absolute Gasteiger partial charge is 0.462 e. The van der Waals surface area contributed by atoms with Gasteiger partial charge >= 0.3 is 18.2 Å². The van der Waals surface area contributed by atoms with E-state index in [0.29, 0.717) is 17.5 Å². The van der Waals surface area contributed by atoms with Crippen LogP contribution in [0.2, 0.25) is 0 Å². The lowest BCUT2D eigenvalue weighted by atomic mass is 10.0. The molecule has 0 saturated heterocycles. The summed E-state index contributed by atoms with van der Waals surface area (Å²) in [5.74, 6) is -0.460. The molecule has 8 nitrogen and oxygen atoms in total. The van der Waals surface area contributed by atoms with Crippen LogP contribution in [0.3, 0.4) is 0 Å². The van der Waals surface area contributed by atoms with Gasteiger partial charge in [0.15, 0.2) is 5.69 Å². The molecule has 34 heavy (non-hydrogen) atoms. The Morgan fingerprint density at radius 3 is 2.56 bits per heavy atom. The number of pyridine rings is 2. The minimum Gasteiger partial charge on any atom is -0.462 e. The second kappa shape index (κ2) is 10.6. The van der Waals surface area contributed by atoms with E-state index in [0.717, 1.165) is 16.7 Å². The van der Waals surface area contributed by atoms with Gasteiger partial charge in [-0.3, -0.25) is 10.3 Å². The zero-order valence-electron chi connectivity index (χ0n) is 18.6. The number of urea groups is 1. The highest BCUT2D eigenvalue weighted by Gasteiger charge is 2.34. The topological polar surface area (TPSA) is 106 Å². The van der Waals surface area contributed by atoms with Crippen molar-refractivity contribution >= 4 is 29.2 Å². The molecule has 0 fully saturated rings. The number of hydrogen-bond donors (Lipinski definition) is 2. The summed E-state index contributed by atoms with van der Waals surface area (Å²) in [6.45, 7) is 5.59. The molecule has 0 spiro atoms. The number of carbonyl (C=O) groups is 2. The van der Waals surface area contributed by atoms with E-state index in [9.17, 15) is 22.8 Å². The molecule has 0 bridgehead atoms. The maximum Gasteiger partial charge on any atom is 0.434 e. The number of halogens is 3. The van der Waals surface area contributed by atoms with Gasteiger partial charge in [-0.25, -0.2) is 19.6 Å². The van der Waals surface area contributed by atoms with Crippen molar-refractivity contribution in [2.24, 2.45) is 0 Å². The number of aromatic nitrogens is 3. The first kappa shape index (κ1) is 25.1. The molecule has 3 rings (SSSR count). The van der Waals surface area contributed by atoms with Gasteiger partial charge in [-0.2, -0.15) is 13.2 Å². The second-order valence-corrected chi connectivity index (χ2v) is 8.10. The molecule has 12 heteroatoms. The van der Waals surface area contributed by atoms with Crippen LogP contribution >= 0.6 is 11.3 Å². The van der Waals surface area contributed by atoms with Crippen LogP contribution in [0.4, 0.5) is 23.8 Å². The van der Waals surface area contributed by atoms with Crippen LogP contribution in [0.25, 0.3) is 21.7 Å². The van der Waals surface area contributed by atoms with E-state index >= 15 is 0 Å². The SMILES string of the molecule is CCOC(=O)c1cncc(-c2cnc(NC(=O)NC(C)CC)cc2-c2nc(C(F)(F)F)cs2)c1. The molecule has 2 N–H and O–H groups in total. The Morgan fingerprint density at radius 1 is 1.15 bits per heavy atom. The third-order valence-corrected chi connectivity index (χ3v) is 5.60. The fourth-order valence-electron chi connectivity index (χ4n) is 2.85. The first-order valence-corrected chi connectivity index (χ1v) is 11.2. The highest BCUT2D eigenvalue weighted by Crippen LogP contribution is 2.38. The molecule has 1 unspecified atom stereocenters. The Labute approximate surface area is 197 Å². The van der Waals surface area contributed by atoms with Crippen molar-refractivity contribution in [1.82, 2.24) is 20.3 Å². The Kier molecular flexibility index (Phi) is 7.82. The number of anilines is 1. The van der Waals surface area contributed by atoms with Gasteiger partial charge in [0.05, 0.1) is 12.2 Å². The minimum atomic E-state index is -4.61. The number of ether oxygens (including phenoxy) is 1. The third-order valence-electron chi connectivity index (χ3n) is 4.72. The molecule has 3 aromatic rings. The van der Waals surface area contributed by atoms with Gasteiger partial charge < -0.3 is 10.1 Å². The van der Waals surface area contributed by atoms with Gasteiger partial charge in [0.25, 0.3) is 0 Å². The van der Waals surface area contributed by atoms with Crippen LogP contribution in [0.5, 0.6) is 0 Å². The van der Waals surface area contributed by atoms with E-state index in [1.807, 2.05) is 13.8 Å². The van der Waals surface area contributed by atoms with Crippen LogP contribution in [-0.2, 0) is 10.9 Å². The standard InChI is InChI=1S/C22H22F3N5O3S/c1-4-12(3)28-21(32)30-18-7-15(19-29-17(11-34-19)22(23,24)25)16(10-27-18)13-6-14(9-26-8-13)20(31)33-5-2/h6-12H,4-5H2,1-3H3,(H2,27,28,30,32). The van der Waals surface area contributed by atoms with Crippen LogP contribution < -0.4 is 10.6 Å². The third kappa shape index (κ3) is 6.07. The zero-order chi connectivity index (χ0) is 24.9. The van der Waals surface area contributed by atoms with Gasteiger partial charge in [-0.1, -0.05) is 6.92 Å². The Hall–Kier alpha value is -3.54. The highest BCUT2D eigenvalue weighted by atomic mass is 32.1. The van der Waals surface area contributed by atoms with Crippen molar-refractivity contribution in [3.63, 3.8) is 0 Å². The van der Waals surface area contributed by atoms with Gasteiger partial charge in [0.1, 0.15) is 10.8 Å². The number of alkyl halides is 3. The summed E-state index contributed by atoms with van der Waals surface area (Å²) < 4.78 is 44.5. The van der Waals surface area contributed by atoms with E-state index in [-0.39, 0.29) is 34.6 Å². The number of hydrogen-bond acceptors (Lipinski definition) is 7. The van der Waals surface area contributed by atoms with E-state index in [4.69, 9.17) is 4.74 Å². The van der Waals surface area contributed by atoms with Gasteiger partial charge in [0, 0.05) is 46.7 Å². The predicted molar refractivity (Wildman–Crippen MR) is 121 cm³/mol. The smallest absolute Gasteiger partial charge is 0.434 e. The fourth-order valence-corrected chi connectivity index (χ4v) is 3.71. The molecule has 0 radical (unpaired) electrons. The summed E-state index contributed by atoms with van der Waals surface area (Å²) in [6, 6.07) is 2.36. The summed E-state index contributed by atoms with van der Waals surface area (Å²) in [6.07, 6.45) is 0.271.